The number of esters is 1. The number of rotatable bonds is 3. The number of nitrogens with two attached hydrogens (primary N) is 1. The molecule has 0 fully saturated rings. The van der Waals surface area contributed by atoms with Crippen molar-refractivity contribution in [3.63, 3.8) is 0 Å². The molecule has 3 nitrogen and oxygen atoms in total. The largest absolute Gasteiger partial charge is 0.461 e. The van der Waals surface area contributed by atoms with Crippen LogP contribution in [0, 0.1) is 0 Å². The summed E-state index contributed by atoms with van der Waals surface area (Å²) in [6.07, 6.45) is -1.61. The molecule has 9 heteroatoms. The van der Waals surface area contributed by atoms with Gasteiger partial charge in [-0.1, -0.05) is 22.0 Å². The molecular formula is C14H15BrClF4NO2. The maximum absolute atomic E-state index is 14.5. The number of hydrogen-bond donors (Lipinski definition) is 1. The molecule has 0 spiro atoms. The van der Waals surface area contributed by atoms with E-state index in [1.54, 1.807) is 0 Å². The number of ether oxygens (including phenoxy) is 1. The Morgan fingerprint density at radius 2 is 1.96 bits per heavy atom. The Kier molecular flexibility index (Phi) is 5.76. The Bertz CT molecular complexity index is 614. The zero-order valence-electron chi connectivity index (χ0n) is 12.0. The smallest absolute Gasteiger partial charge is 0.379 e. The lowest BCUT2D eigenvalue weighted by Gasteiger charge is -2.42. The molecule has 2 rings (SSSR count). The van der Waals surface area contributed by atoms with E-state index in [1.807, 2.05) is 0 Å². The quantitative estimate of drug-likeness (QED) is 0.591. The Balaban J connectivity index is 0.00000264. The number of benzene rings is 1. The van der Waals surface area contributed by atoms with E-state index in [2.05, 4.69) is 20.7 Å². The normalized spacial score (nSPS) is 22.7. The molecule has 0 amide bonds. The van der Waals surface area contributed by atoms with Crippen LogP contribution in [0.2, 0.25) is 0 Å². The molecule has 0 unspecified atom stereocenters. The number of fused-ring (bicyclic) bond motifs is 1. The minimum atomic E-state index is -4.12. The molecule has 23 heavy (non-hydrogen) atoms. The Labute approximate surface area is 145 Å². The van der Waals surface area contributed by atoms with Crippen LogP contribution in [-0.2, 0) is 21.0 Å². The first-order valence-electron chi connectivity index (χ1n) is 6.58. The van der Waals surface area contributed by atoms with Crippen molar-refractivity contribution in [1.29, 1.82) is 0 Å². The fourth-order valence-corrected chi connectivity index (χ4v) is 2.92. The second kappa shape index (κ2) is 6.57. The molecule has 0 aliphatic heterocycles. The zero-order chi connectivity index (χ0) is 16.8. The second-order valence-corrected chi connectivity index (χ2v) is 6.08. The van der Waals surface area contributed by atoms with Gasteiger partial charge in [-0.05, 0) is 31.0 Å². The third-order valence-electron chi connectivity index (χ3n) is 3.78. The molecule has 1 aliphatic carbocycles. The summed E-state index contributed by atoms with van der Waals surface area (Å²) in [6, 6.07) is 3.47. The summed E-state index contributed by atoms with van der Waals surface area (Å²) >= 11 is 3.05. The van der Waals surface area contributed by atoms with Crippen molar-refractivity contribution in [3.8, 4) is 0 Å². The number of halogens is 6. The van der Waals surface area contributed by atoms with Crippen molar-refractivity contribution in [2.24, 2.45) is 5.73 Å². The first-order chi connectivity index (χ1) is 10.1. The average molecular weight is 421 g/mol. The van der Waals surface area contributed by atoms with Crippen molar-refractivity contribution in [3.05, 3.63) is 33.8 Å². The SMILES string of the molecule is CCOC(=O)C(F)(F)[C@@]1(N)CCC(F)(F)c2ccc(Br)cc21.Cl. The summed E-state index contributed by atoms with van der Waals surface area (Å²) in [5, 5.41) is 0. The molecule has 130 valence electrons. The zero-order valence-corrected chi connectivity index (χ0v) is 14.4. The van der Waals surface area contributed by atoms with E-state index in [1.165, 1.54) is 13.0 Å². The molecule has 1 aromatic rings. The van der Waals surface area contributed by atoms with Crippen LogP contribution in [0.15, 0.2) is 22.7 Å². The Morgan fingerprint density at radius 3 is 2.52 bits per heavy atom. The van der Waals surface area contributed by atoms with E-state index in [4.69, 9.17) is 5.73 Å². The van der Waals surface area contributed by atoms with Crippen LogP contribution in [-0.4, -0.2) is 18.5 Å². The molecule has 0 saturated heterocycles. The standard InChI is InChI=1S/C14H14BrF4NO2.ClH/c1-2-22-11(21)14(18,19)12(20)5-6-13(16,17)9-4-3-8(15)7-10(9)12;/h3-4,7H,2,5-6,20H2,1H3;1H/t12-;/m1./s1. The monoisotopic (exact) mass is 419 g/mol. The van der Waals surface area contributed by atoms with Gasteiger partial charge in [-0.3, -0.25) is 0 Å². The summed E-state index contributed by atoms with van der Waals surface area (Å²) in [5.74, 6) is -9.20. The van der Waals surface area contributed by atoms with Crippen molar-refractivity contribution < 1.29 is 27.1 Å². The van der Waals surface area contributed by atoms with Crippen LogP contribution in [0.1, 0.15) is 30.9 Å². The van der Waals surface area contributed by atoms with E-state index >= 15 is 0 Å². The van der Waals surface area contributed by atoms with Gasteiger partial charge < -0.3 is 10.5 Å². The minimum absolute atomic E-state index is 0. The van der Waals surface area contributed by atoms with Gasteiger partial charge in [0.05, 0.1) is 6.61 Å². The van der Waals surface area contributed by atoms with E-state index in [-0.39, 0.29) is 19.0 Å². The summed E-state index contributed by atoms with van der Waals surface area (Å²) in [4.78, 5) is 11.6. The molecule has 0 aromatic heterocycles. The lowest BCUT2D eigenvalue weighted by Crippen LogP contribution is -2.60. The molecule has 0 radical (unpaired) electrons. The number of carbonyl (C=O) groups is 1. The fraction of sp³-hybridized carbons (Fsp3) is 0.500. The van der Waals surface area contributed by atoms with Crippen molar-refractivity contribution in [2.75, 3.05) is 6.61 Å². The summed E-state index contributed by atoms with van der Waals surface area (Å²) in [6.45, 7) is 1.11. The molecule has 0 saturated carbocycles. The molecule has 1 aliphatic rings. The third-order valence-corrected chi connectivity index (χ3v) is 4.27. The first kappa shape index (κ1) is 20.2. The van der Waals surface area contributed by atoms with Crippen LogP contribution in [0.4, 0.5) is 17.6 Å². The highest BCUT2D eigenvalue weighted by Gasteiger charge is 2.63. The van der Waals surface area contributed by atoms with E-state index < -0.39 is 47.3 Å². The maximum atomic E-state index is 14.5. The summed E-state index contributed by atoms with van der Waals surface area (Å²) in [7, 11) is 0. The second-order valence-electron chi connectivity index (χ2n) is 5.16. The van der Waals surface area contributed by atoms with Gasteiger partial charge in [0, 0.05) is 16.5 Å². The predicted molar refractivity (Wildman–Crippen MR) is 82.0 cm³/mol. The number of hydrogen-bond acceptors (Lipinski definition) is 3. The third kappa shape index (κ3) is 3.21. The first-order valence-corrected chi connectivity index (χ1v) is 7.38. The van der Waals surface area contributed by atoms with Gasteiger partial charge in [-0.2, -0.15) is 8.78 Å². The van der Waals surface area contributed by atoms with Crippen molar-refractivity contribution >= 4 is 34.3 Å². The Morgan fingerprint density at radius 1 is 1.35 bits per heavy atom. The van der Waals surface area contributed by atoms with Crippen LogP contribution in [0.5, 0.6) is 0 Å². The Hall–Kier alpha value is -0.860. The molecule has 1 aromatic carbocycles. The van der Waals surface area contributed by atoms with Crippen molar-refractivity contribution in [1.82, 2.24) is 0 Å². The van der Waals surface area contributed by atoms with E-state index in [9.17, 15) is 22.4 Å². The molecule has 0 heterocycles. The molecule has 2 N–H and O–H groups in total. The van der Waals surface area contributed by atoms with E-state index in [0.717, 1.165) is 12.1 Å². The number of alkyl halides is 4. The summed E-state index contributed by atoms with van der Waals surface area (Å²) in [5.41, 5.74) is 2.19. The summed E-state index contributed by atoms with van der Waals surface area (Å²) < 4.78 is 61.6. The van der Waals surface area contributed by atoms with Gasteiger partial charge in [0.2, 0.25) is 0 Å². The lowest BCUT2D eigenvalue weighted by atomic mass is 9.72. The van der Waals surface area contributed by atoms with Gasteiger partial charge in [0.1, 0.15) is 5.54 Å². The fourth-order valence-electron chi connectivity index (χ4n) is 2.56. The van der Waals surface area contributed by atoms with Crippen LogP contribution in [0.3, 0.4) is 0 Å². The lowest BCUT2D eigenvalue weighted by molar-refractivity contribution is -0.187. The maximum Gasteiger partial charge on any atom is 0.379 e. The van der Waals surface area contributed by atoms with Gasteiger partial charge in [0.15, 0.2) is 0 Å². The van der Waals surface area contributed by atoms with Crippen LogP contribution in [0.25, 0.3) is 0 Å². The predicted octanol–water partition coefficient (Wildman–Crippen LogP) is 4.11. The highest BCUT2D eigenvalue weighted by atomic mass is 79.9. The minimum Gasteiger partial charge on any atom is -0.461 e. The van der Waals surface area contributed by atoms with Gasteiger partial charge in [0.25, 0.3) is 5.92 Å². The molecule has 0 bridgehead atoms. The van der Waals surface area contributed by atoms with Crippen LogP contribution >= 0.6 is 28.3 Å². The molecule has 1 atom stereocenters. The van der Waals surface area contributed by atoms with Crippen LogP contribution < -0.4 is 5.73 Å². The van der Waals surface area contributed by atoms with Crippen molar-refractivity contribution in [2.45, 2.75) is 37.1 Å². The topological polar surface area (TPSA) is 52.3 Å². The highest BCUT2D eigenvalue weighted by molar-refractivity contribution is 9.10. The molecular weight excluding hydrogens is 406 g/mol. The van der Waals surface area contributed by atoms with E-state index in [0.29, 0.717) is 4.47 Å². The van der Waals surface area contributed by atoms with Gasteiger partial charge in [-0.25, -0.2) is 13.6 Å². The van der Waals surface area contributed by atoms with Gasteiger partial charge >= 0.3 is 11.9 Å². The highest BCUT2D eigenvalue weighted by Crippen LogP contribution is 2.52. The average Bonchev–Trinajstić information content (AvgIpc) is 2.43. The number of carbonyl (C=O) groups excluding carboxylic acids is 1. The van der Waals surface area contributed by atoms with Gasteiger partial charge in [-0.15, -0.1) is 12.4 Å².